The highest BCUT2D eigenvalue weighted by atomic mass is 127. The molecule has 0 spiro atoms. The molecule has 0 radical (unpaired) electrons. The molecule has 0 saturated carbocycles. The van der Waals surface area contributed by atoms with Crippen molar-refractivity contribution in [3.05, 3.63) is 74.8 Å². The Morgan fingerprint density at radius 3 is 2.48 bits per heavy atom. The van der Waals surface area contributed by atoms with E-state index in [9.17, 15) is 19.7 Å². The number of rotatable bonds is 9. The molecular weight excluding hydrogens is 487 g/mol. The van der Waals surface area contributed by atoms with Gasteiger partial charge < -0.3 is 10.1 Å². The van der Waals surface area contributed by atoms with Crippen molar-refractivity contribution < 1.29 is 19.2 Å². The summed E-state index contributed by atoms with van der Waals surface area (Å²) in [5, 5.41) is 13.6. The minimum atomic E-state index is -0.897. The fourth-order valence-electron chi connectivity index (χ4n) is 3.07. The number of nitrogens with one attached hydrogen (secondary N) is 1. The molecule has 0 aliphatic carbocycles. The number of hydrogen-bond donors (Lipinski definition) is 1. The van der Waals surface area contributed by atoms with Crippen molar-refractivity contribution in [2.24, 2.45) is 0 Å². The molecule has 154 valence electrons. The first-order valence-electron chi connectivity index (χ1n) is 9.13. The quantitative estimate of drug-likeness (QED) is 0.182. The molecular formula is C21H23IN2O5. The molecule has 7 nitrogen and oxygen atoms in total. The fourth-order valence-corrected chi connectivity index (χ4v) is 3.46. The average molecular weight is 510 g/mol. The number of carbonyl (C=O) groups is 2. The first-order valence-corrected chi connectivity index (χ1v) is 10.7. The van der Waals surface area contributed by atoms with E-state index in [2.05, 4.69) is 27.9 Å². The summed E-state index contributed by atoms with van der Waals surface area (Å²) in [6, 6.07) is 10.7. The summed E-state index contributed by atoms with van der Waals surface area (Å²) in [7, 11) is 1.26. The minimum absolute atomic E-state index is 0.0350. The Hall–Kier alpha value is -2.49. The zero-order valence-corrected chi connectivity index (χ0v) is 18.5. The maximum Gasteiger partial charge on any atom is 0.328 e. The molecule has 0 fully saturated rings. The van der Waals surface area contributed by atoms with Crippen LogP contribution in [0.2, 0.25) is 0 Å². The normalized spacial score (nSPS) is 11.6. The Kier molecular flexibility index (Phi) is 8.56. The molecule has 0 heterocycles. The predicted molar refractivity (Wildman–Crippen MR) is 118 cm³/mol. The Morgan fingerprint density at radius 1 is 1.21 bits per heavy atom. The van der Waals surface area contributed by atoms with Gasteiger partial charge in [0.25, 0.3) is 11.6 Å². The van der Waals surface area contributed by atoms with Gasteiger partial charge in [-0.25, -0.2) is 4.79 Å². The van der Waals surface area contributed by atoms with Gasteiger partial charge in [-0.05, 0) is 40.9 Å². The molecule has 0 aliphatic rings. The summed E-state index contributed by atoms with van der Waals surface area (Å²) < 4.78 is 5.83. The highest BCUT2D eigenvalue weighted by molar-refractivity contribution is 14.1. The number of nitro benzene ring substituents is 1. The number of esters is 1. The standard InChI is InChI=1S/C21H23IN2O5/c1-14-5-3-6-16(7-4-12-22)19(14)20(25)23-18(21(26)29-2)13-15-8-10-17(11-9-15)24(27)28/h3,5-6,8-11,18H,4,7,12-13H2,1-2H3,(H,23,25)/t18-/m0/s1. The van der Waals surface area contributed by atoms with Crippen LogP contribution in [-0.4, -0.2) is 34.4 Å². The molecule has 0 aliphatic heterocycles. The Balaban J connectivity index is 2.23. The van der Waals surface area contributed by atoms with Gasteiger partial charge in [-0.1, -0.05) is 52.9 Å². The van der Waals surface area contributed by atoms with Crippen LogP contribution in [0.4, 0.5) is 5.69 Å². The van der Waals surface area contributed by atoms with E-state index in [4.69, 9.17) is 4.74 Å². The van der Waals surface area contributed by atoms with Crippen molar-refractivity contribution in [1.29, 1.82) is 0 Å². The summed E-state index contributed by atoms with van der Waals surface area (Å²) in [6.07, 6.45) is 1.90. The van der Waals surface area contributed by atoms with Crippen molar-refractivity contribution >= 4 is 40.2 Å². The van der Waals surface area contributed by atoms with Gasteiger partial charge in [0.15, 0.2) is 0 Å². The van der Waals surface area contributed by atoms with Gasteiger partial charge in [0, 0.05) is 24.1 Å². The van der Waals surface area contributed by atoms with Crippen LogP contribution in [0.15, 0.2) is 42.5 Å². The number of nitrogens with zero attached hydrogens (tertiary/aromatic N) is 1. The van der Waals surface area contributed by atoms with Crippen molar-refractivity contribution in [2.45, 2.75) is 32.2 Å². The van der Waals surface area contributed by atoms with Crippen molar-refractivity contribution in [1.82, 2.24) is 5.32 Å². The zero-order valence-electron chi connectivity index (χ0n) is 16.3. The molecule has 2 rings (SSSR count). The molecule has 2 aromatic carbocycles. The lowest BCUT2D eigenvalue weighted by Crippen LogP contribution is -2.43. The third kappa shape index (κ3) is 6.25. The number of ether oxygens (including phenoxy) is 1. The smallest absolute Gasteiger partial charge is 0.328 e. The zero-order chi connectivity index (χ0) is 21.4. The van der Waals surface area contributed by atoms with E-state index in [1.54, 1.807) is 12.1 Å². The second kappa shape index (κ2) is 10.9. The van der Waals surface area contributed by atoms with E-state index < -0.39 is 16.9 Å². The van der Waals surface area contributed by atoms with E-state index in [1.165, 1.54) is 19.2 Å². The van der Waals surface area contributed by atoms with Crippen LogP contribution in [0, 0.1) is 17.0 Å². The molecule has 1 amide bonds. The first-order chi connectivity index (χ1) is 13.9. The SMILES string of the molecule is COC(=O)[C@H](Cc1ccc([N+](=O)[O-])cc1)NC(=O)c1c(C)cccc1CCCI. The molecule has 0 aromatic heterocycles. The van der Waals surface area contributed by atoms with Crippen LogP contribution >= 0.6 is 22.6 Å². The van der Waals surface area contributed by atoms with E-state index in [-0.39, 0.29) is 18.0 Å². The Bertz CT molecular complexity index is 883. The second-order valence-corrected chi connectivity index (χ2v) is 7.66. The summed E-state index contributed by atoms with van der Waals surface area (Å²) in [5.41, 5.74) is 3.01. The number of nitro groups is 1. The van der Waals surface area contributed by atoms with Crippen LogP contribution in [0.25, 0.3) is 0 Å². The number of non-ortho nitro benzene ring substituents is 1. The second-order valence-electron chi connectivity index (χ2n) is 6.58. The van der Waals surface area contributed by atoms with Crippen LogP contribution in [0.5, 0.6) is 0 Å². The van der Waals surface area contributed by atoms with Gasteiger partial charge >= 0.3 is 5.97 Å². The molecule has 1 N–H and O–H groups in total. The lowest BCUT2D eigenvalue weighted by molar-refractivity contribution is -0.384. The third-order valence-electron chi connectivity index (χ3n) is 4.54. The number of aryl methyl sites for hydroxylation is 2. The predicted octanol–water partition coefficient (Wildman–Crippen LogP) is 3.78. The molecule has 2 aromatic rings. The number of halogens is 1. The average Bonchev–Trinajstić information content (AvgIpc) is 2.71. The van der Waals surface area contributed by atoms with Crippen molar-refractivity contribution in [2.75, 3.05) is 11.5 Å². The van der Waals surface area contributed by atoms with E-state index in [0.29, 0.717) is 11.1 Å². The van der Waals surface area contributed by atoms with Crippen molar-refractivity contribution in [3.8, 4) is 0 Å². The highest BCUT2D eigenvalue weighted by Gasteiger charge is 2.24. The number of methoxy groups -OCH3 is 1. The summed E-state index contributed by atoms with van der Waals surface area (Å²) in [5.74, 6) is -0.900. The van der Waals surface area contributed by atoms with Crippen LogP contribution in [0.3, 0.4) is 0 Å². The molecule has 0 unspecified atom stereocenters. The van der Waals surface area contributed by atoms with E-state index in [1.807, 2.05) is 25.1 Å². The monoisotopic (exact) mass is 510 g/mol. The van der Waals surface area contributed by atoms with E-state index in [0.717, 1.165) is 28.4 Å². The van der Waals surface area contributed by atoms with Gasteiger partial charge in [-0.2, -0.15) is 0 Å². The summed E-state index contributed by atoms with van der Waals surface area (Å²) in [4.78, 5) is 35.6. The van der Waals surface area contributed by atoms with Crippen molar-refractivity contribution in [3.63, 3.8) is 0 Å². The Morgan fingerprint density at radius 2 is 1.90 bits per heavy atom. The number of hydrogen-bond acceptors (Lipinski definition) is 5. The lowest BCUT2D eigenvalue weighted by Gasteiger charge is -2.19. The van der Waals surface area contributed by atoms with Gasteiger partial charge in [-0.3, -0.25) is 14.9 Å². The topological polar surface area (TPSA) is 98.5 Å². The number of benzene rings is 2. The van der Waals surface area contributed by atoms with Crippen LogP contribution in [-0.2, 0) is 22.4 Å². The Labute approximate surface area is 183 Å². The molecule has 8 heteroatoms. The molecule has 1 atom stereocenters. The van der Waals surface area contributed by atoms with Crippen LogP contribution in [0.1, 0.15) is 33.5 Å². The van der Waals surface area contributed by atoms with Gasteiger partial charge in [0.05, 0.1) is 12.0 Å². The highest BCUT2D eigenvalue weighted by Crippen LogP contribution is 2.18. The van der Waals surface area contributed by atoms with Gasteiger partial charge in [-0.15, -0.1) is 0 Å². The fraction of sp³-hybridized carbons (Fsp3) is 0.333. The lowest BCUT2D eigenvalue weighted by atomic mass is 9.97. The first kappa shape index (κ1) is 22.8. The largest absolute Gasteiger partial charge is 0.467 e. The third-order valence-corrected chi connectivity index (χ3v) is 5.31. The maximum atomic E-state index is 13.0. The number of alkyl halides is 1. The number of carbonyl (C=O) groups excluding carboxylic acids is 2. The summed E-state index contributed by atoms with van der Waals surface area (Å²) in [6.45, 7) is 1.87. The van der Waals surface area contributed by atoms with Gasteiger partial charge in [0.1, 0.15) is 6.04 Å². The molecule has 0 saturated heterocycles. The minimum Gasteiger partial charge on any atom is -0.467 e. The van der Waals surface area contributed by atoms with Crippen LogP contribution < -0.4 is 5.32 Å². The molecule has 0 bridgehead atoms. The maximum absolute atomic E-state index is 13.0. The van der Waals surface area contributed by atoms with E-state index >= 15 is 0 Å². The summed E-state index contributed by atoms with van der Waals surface area (Å²) >= 11 is 2.30. The van der Waals surface area contributed by atoms with Gasteiger partial charge in [0.2, 0.25) is 0 Å². The number of amides is 1. The molecule has 29 heavy (non-hydrogen) atoms.